The Morgan fingerprint density at radius 3 is 2.35 bits per heavy atom. The van der Waals surface area contributed by atoms with Gasteiger partial charge in [-0.3, -0.25) is 0 Å². The molecule has 1 saturated heterocycles. The van der Waals surface area contributed by atoms with E-state index in [0.717, 1.165) is 31.6 Å². The molecule has 1 aliphatic rings. The zero-order chi connectivity index (χ0) is 16.7. The standard InChI is InChI=1S/C16H22F3N3S/c17-16(18,19)13-5-7-14(8-6-13)21-15(23)20-9-4-12-22-10-2-1-3-11-22/h5-8H,1-4,9-12H2,(H2,20,21,23). The van der Waals surface area contributed by atoms with Gasteiger partial charge in [-0.15, -0.1) is 0 Å². The fraction of sp³-hybridized carbons (Fsp3) is 0.562. The zero-order valence-electron chi connectivity index (χ0n) is 13.0. The lowest BCUT2D eigenvalue weighted by atomic mass is 10.1. The van der Waals surface area contributed by atoms with Crippen LogP contribution in [0.5, 0.6) is 0 Å². The molecule has 0 bridgehead atoms. The highest BCUT2D eigenvalue weighted by Crippen LogP contribution is 2.29. The predicted molar refractivity (Wildman–Crippen MR) is 90.6 cm³/mol. The summed E-state index contributed by atoms with van der Waals surface area (Å²) in [6.45, 7) is 4.15. The van der Waals surface area contributed by atoms with Gasteiger partial charge >= 0.3 is 6.18 Å². The van der Waals surface area contributed by atoms with Gasteiger partial charge in [0.05, 0.1) is 5.56 Å². The van der Waals surface area contributed by atoms with Crippen molar-refractivity contribution < 1.29 is 13.2 Å². The van der Waals surface area contributed by atoms with Crippen LogP contribution in [0.4, 0.5) is 18.9 Å². The van der Waals surface area contributed by atoms with Crippen molar-refractivity contribution in [3.05, 3.63) is 29.8 Å². The number of anilines is 1. The monoisotopic (exact) mass is 345 g/mol. The Bertz CT molecular complexity index is 496. The van der Waals surface area contributed by atoms with Crippen LogP contribution in [0.2, 0.25) is 0 Å². The molecule has 3 nitrogen and oxygen atoms in total. The molecule has 0 radical (unpaired) electrons. The van der Waals surface area contributed by atoms with Gasteiger partial charge in [0, 0.05) is 12.2 Å². The van der Waals surface area contributed by atoms with Crippen molar-refractivity contribution in [3.63, 3.8) is 0 Å². The summed E-state index contributed by atoms with van der Waals surface area (Å²) in [7, 11) is 0. The molecule has 0 unspecified atom stereocenters. The first kappa shape index (κ1) is 18.0. The number of thiocarbonyl (C=S) groups is 1. The first-order valence-electron chi connectivity index (χ1n) is 7.89. The van der Waals surface area contributed by atoms with E-state index in [1.807, 2.05) is 0 Å². The molecule has 1 fully saturated rings. The second kappa shape index (κ2) is 8.49. The lowest BCUT2D eigenvalue weighted by molar-refractivity contribution is -0.137. The number of hydrogen-bond acceptors (Lipinski definition) is 2. The molecule has 7 heteroatoms. The zero-order valence-corrected chi connectivity index (χ0v) is 13.8. The number of halogens is 3. The molecular formula is C16H22F3N3S. The van der Waals surface area contributed by atoms with E-state index in [-0.39, 0.29) is 0 Å². The van der Waals surface area contributed by atoms with Gasteiger partial charge in [0.1, 0.15) is 0 Å². The normalized spacial score (nSPS) is 16.1. The number of piperidine rings is 1. The van der Waals surface area contributed by atoms with Crippen molar-refractivity contribution in [2.45, 2.75) is 31.9 Å². The van der Waals surface area contributed by atoms with E-state index in [1.165, 1.54) is 44.5 Å². The Morgan fingerprint density at radius 1 is 1.09 bits per heavy atom. The maximum atomic E-state index is 12.5. The molecule has 1 aromatic rings. The van der Waals surface area contributed by atoms with Crippen molar-refractivity contribution in [1.29, 1.82) is 0 Å². The third-order valence-electron chi connectivity index (χ3n) is 3.86. The Labute approximate surface area is 140 Å². The van der Waals surface area contributed by atoms with Gasteiger partial charge in [0.25, 0.3) is 0 Å². The van der Waals surface area contributed by atoms with Gasteiger partial charge in [-0.2, -0.15) is 13.2 Å². The number of hydrogen-bond donors (Lipinski definition) is 2. The Kier molecular flexibility index (Phi) is 6.65. The number of alkyl halides is 3. The minimum atomic E-state index is -4.31. The number of benzene rings is 1. The van der Waals surface area contributed by atoms with Crippen molar-refractivity contribution >= 4 is 23.0 Å². The summed E-state index contributed by atoms with van der Waals surface area (Å²) in [5, 5.41) is 6.42. The Morgan fingerprint density at radius 2 is 1.74 bits per heavy atom. The van der Waals surface area contributed by atoms with Gasteiger partial charge in [0.2, 0.25) is 0 Å². The smallest absolute Gasteiger partial charge is 0.362 e. The maximum absolute atomic E-state index is 12.5. The average molecular weight is 345 g/mol. The number of rotatable bonds is 5. The van der Waals surface area contributed by atoms with Crippen LogP contribution in [0, 0.1) is 0 Å². The van der Waals surface area contributed by atoms with Crippen LogP contribution in [0.1, 0.15) is 31.2 Å². The topological polar surface area (TPSA) is 27.3 Å². The highest BCUT2D eigenvalue weighted by Gasteiger charge is 2.29. The predicted octanol–water partition coefficient (Wildman–Crippen LogP) is 3.87. The molecule has 0 amide bonds. The van der Waals surface area contributed by atoms with Crippen molar-refractivity contribution in [3.8, 4) is 0 Å². The molecule has 0 atom stereocenters. The molecule has 1 heterocycles. The minimum absolute atomic E-state index is 0.434. The highest BCUT2D eigenvalue weighted by atomic mass is 32.1. The molecule has 128 valence electrons. The largest absolute Gasteiger partial charge is 0.416 e. The van der Waals surface area contributed by atoms with Crippen LogP contribution in [-0.4, -0.2) is 36.2 Å². The molecular weight excluding hydrogens is 323 g/mol. The van der Waals surface area contributed by atoms with Crippen molar-refractivity contribution in [2.24, 2.45) is 0 Å². The number of nitrogens with one attached hydrogen (secondary N) is 2. The Balaban J connectivity index is 1.66. The summed E-state index contributed by atoms with van der Waals surface area (Å²) in [6.07, 6.45) is 0.569. The third kappa shape index (κ3) is 6.35. The van der Waals surface area contributed by atoms with Gasteiger partial charge in [-0.1, -0.05) is 6.42 Å². The van der Waals surface area contributed by atoms with E-state index in [9.17, 15) is 13.2 Å². The molecule has 0 saturated carbocycles. The van der Waals surface area contributed by atoms with Crippen molar-refractivity contribution in [1.82, 2.24) is 10.2 Å². The second-order valence-electron chi connectivity index (χ2n) is 5.71. The highest BCUT2D eigenvalue weighted by molar-refractivity contribution is 7.80. The van der Waals surface area contributed by atoms with E-state index < -0.39 is 11.7 Å². The fourth-order valence-corrected chi connectivity index (χ4v) is 2.83. The lowest BCUT2D eigenvalue weighted by Crippen LogP contribution is -2.34. The third-order valence-corrected chi connectivity index (χ3v) is 4.10. The molecule has 0 spiro atoms. The summed E-state index contributed by atoms with van der Waals surface area (Å²) in [6, 6.07) is 4.84. The quantitative estimate of drug-likeness (QED) is 0.626. The van der Waals surface area contributed by atoms with Crippen LogP contribution in [-0.2, 0) is 6.18 Å². The van der Waals surface area contributed by atoms with Crippen LogP contribution < -0.4 is 10.6 Å². The molecule has 23 heavy (non-hydrogen) atoms. The lowest BCUT2D eigenvalue weighted by Gasteiger charge is -2.26. The number of nitrogens with zero attached hydrogens (tertiary/aromatic N) is 1. The van der Waals surface area contributed by atoms with E-state index >= 15 is 0 Å². The van der Waals surface area contributed by atoms with Gasteiger partial charge in [-0.05, 0) is 75.4 Å². The van der Waals surface area contributed by atoms with Crippen LogP contribution in [0.25, 0.3) is 0 Å². The molecule has 0 aliphatic carbocycles. The van der Waals surface area contributed by atoms with E-state index in [4.69, 9.17) is 12.2 Å². The molecule has 1 aromatic carbocycles. The van der Waals surface area contributed by atoms with Crippen molar-refractivity contribution in [2.75, 3.05) is 31.5 Å². The van der Waals surface area contributed by atoms with E-state index in [2.05, 4.69) is 15.5 Å². The molecule has 2 rings (SSSR count). The SMILES string of the molecule is FC(F)(F)c1ccc(NC(=S)NCCCN2CCCCC2)cc1. The van der Waals surface area contributed by atoms with Gasteiger partial charge in [-0.25, -0.2) is 0 Å². The van der Waals surface area contributed by atoms with E-state index in [0.29, 0.717) is 10.8 Å². The van der Waals surface area contributed by atoms with Crippen LogP contribution in [0.3, 0.4) is 0 Å². The minimum Gasteiger partial charge on any atom is -0.362 e. The van der Waals surface area contributed by atoms with Crippen LogP contribution >= 0.6 is 12.2 Å². The Hall–Kier alpha value is -1.34. The summed E-state index contributed by atoms with van der Waals surface area (Å²) in [5.74, 6) is 0. The maximum Gasteiger partial charge on any atom is 0.416 e. The first-order valence-corrected chi connectivity index (χ1v) is 8.30. The van der Waals surface area contributed by atoms with E-state index in [1.54, 1.807) is 0 Å². The fourth-order valence-electron chi connectivity index (χ4n) is 2.61. The summed E-state index contributed by atoms with van der Waals surface area (Å²) in [5.41, 5.74) is -0.116. The molecule has 1 aliphatic heterocycles. The summed E-state index contributed by atoms with van der Waals surface area (Å²) < 4.78 is 37.4. The summed E-state index contributed by atoms with van der Waals surface area (Å²) in [4.78, 5) is 2.46. The van der Waals surface area contributed by atoms with Gasteiger partial charge < -0.3 is 15.5 Å². The average Bonchev–Trinajstić information content (AvgIpc) is 2.52. The second-order valence-corrected chi connectivity index (χ2v) is 6.12. The van der Waals surface area contributed by atoms with Crippen LogP contribution in [0.15, 0.2) is 24.3 Å². The molecule has 0 aromatic heterocycles. The molecule has 2 N–H and O–H groups in total. The summed E-state index contributed by atoms with van der Waals surface area (Å²) >= 11 is 5.15. The first-order chi connectivity index (χ1) is 10.9. The van der Waals surface area contributed by atoms with Gasteiger partial charge in [0.15, 0.2) is 5.11 Å². The number of likely N-dealkylation sites (tertiary alicyclic amines) is 1.